The van der Waals surface area contributed by atoms with E-state index in [9.17, 15) is 24.0 Å². The molecular formula is C63H85N15O8. The molecule has 1 aromatic heterocycles. The SMILES string of the molecule is CNc1ccc2c(c1)NC(=O)C(N(C)CCN)C2.CNc1ccc2c(c1)NC(=O)C(N(C)CCO)C2.CNc1ccc2c(c1)NC(=O)C(N1CCC1)C2.CNc1ccc2c(c1)NC(=O)[C@@H](C)O2.CNc1ccc2cc(N3CCOCC3)c(=O)[nH]c2c1. The highest BCUT2D eigenvalue weighted by Gasteiger charge is 2.35. The number of rotatable bonds is 13. The molecule has 0 saturated carbocycles. The van der Waals surface area contributed by atoms with Gasteiger partial charge in [-0.3, -0.25) is 38.7 Å². The van der Waals surface area contributed by atoms with Gasteiger partial charge in [-0.05, 0) is 136 Å². The van der Waals surface area contributed by atoms with E-state index < -0.39 is 6.10 Å². The Balaban J connectivity index is 0.000000140. The molecule has 2 saturated heterocycles. The number of hydrogen-bond donors (Lipinski definition) is 12. The van der Waals surface area contributed by atoms with E-state index in [0.717, 1.165) is 125 Å². The summed E-state index contributed by atoms with van der Waals surface area (Å²) in [5.41, 5.74) is 19.0. The van der Waals surface area contributed by atoms with E-state index in [1.807, 2.05) is 138 Å². The summed E-state index contributed by atoms with van der Waals surface area (Å²) < 4.78 is 10.7. The van der Waals surface area contributed by atoms with E-state index in [-0.39, 0.29) is 53.9 Å². The minimum atomic E-state index is -0.414. The second kappa shape index (κ2) is 30.1. The number of likely N-dealkylation sites (N-methyl/N-ethyl adjacent to an activating group) is 2. The molecule has 12 rings (SSSR count). The number of ether oxygens (including phenoxy) is 2. The minimum absolute atomic E-state index is 0.00768. The Labute approximate surface area is 503 Å². The van der Waals surface area contributed by atoms with Crippen molar-refractivity contribution in [3.8, 4) is 5.75 Å². The number of amides is 4. The fourth-order valence-corrected chi connectivity index (χ4v) is 10.7. The molecule has 13 N–H and O–H groups in total. The number of aromatic amines is 1. The normalized spacial score (nSPS) is 19.0. The van der Waals surface area contributed by atoms with Crippen LogP contribution in [0.4, 0.5) is 56.9 Å². The third-order valence-corrected chi connectivity index (χ3v) is 16.1. The van der Waals surface area contributed by atoms with Gasteiger partial charge in [0.1, 0.15) is 11.4 Å². The van der Waals surface area contributed by atoms with Gasteiger partial charge in [0.2, 0.25) is 17.7 Å². The topological polar surface area (TPSA) is 287 Å². The van der Waals surface area contributed by atoms with E-state index in [4.69, 9.17) is 20.3 Å². The van der Waals surface area contributed by atoms with Crippen molar-refractivity contribution in [1.29, 1.82) is 0 Å². The average molecular weight is 1180 g/mol. The van der Waals surface area contributed by atoms with Crippen molar-refractivity contribution in [2.24, 2.45) is 5.73 Å². The van der Waals surface area contributed by atoms with E-state index in [1.54, 1.807) is 6.92 Å². The highest BCUT2D eigenvalue weighted by molar-refractivity contribution is 6.01. The quantitative estimate of drug-likeness (QED) is 0.0712. The monoisotopic (exact) mass is 1180 g/mol. The van der Waals surface area contributed by atoms with Crippen LogP contribution < -0.4 is 68.8 Å². The van der Waals surface area contributed by atoms with E-state index in [0.29, 0.717) is 32.7 Å². The number of carbonyl (C=O) groups excluding carboxylic acids is 4. The first-order chi connectivity index (χ1) is 41.6. The average Bonchev–Trinajstić information content (AvgIpc) is 1.77. The number of benzene rings is 5. The molecule has 23 heteroatoms. The Morgan fingerprint density at radius 1 is 0.570 bits per heavy atom. The number of nitrogens with zero attached hydrogens (tertiary/aromatic N) is 4. The summed E-state index contributed by atoms with van der Waals surface area (Å²) in [5, 5.41) is 36.9. The van der Waals surface area contributed by atoms with Crippen LogP contribution in [0.5, 0.6) is 5.75 Å². The van der Waals surface area contributed by atoms with Crippen LogP contribution in [-0.4, -0.2) is 188 Å². The molecule has 0 bridgehead atoms. The summed E-state index contributed by atoms with van der Waals surface area (Å²) in [6.45, 7) is 8.58. The van der Waals surface area contributed by atoms with Gasteiger partial charge in [-0.1, -0.05) is 24.3 Å². The van der Waals surface area contributed by atoms with Gasteiger partial charge in [-0.25, -0.2) is 0 Å². The van der Waals surface area contributed by atoms with Gasteiger partial charge in [-0.15, -0.1) is 0 Å². The molecular weight excluding hydrogens is 1090 g/mol. The lowest BCUT2D eigenvalue weighted by molar-refractivity contribution is -0.123. The number of hydrogen-bond acceptors (Lipinski definition) is 18. The van der Waals surface area contributed by atoms with Gasteiger partial charge >= 0.3 is 0 Å². The fourth-order valence-electron chi connectivity index (χ4n) is 10.7. The Kier molecular flexibility index (Phi) is 22.2. The number of H-pyrrole nitrogens is 1. The van der Waals surface area contributed by atoms with Crippen molar-refractivity contribution in [1.82, 2.24) is 19.7 Å². The van der Waals surface area contributed by atoms with Crippen LogP contribution in [0.25, 0.3) is 10.9 Å². The Morgan fingerprint density at radius 3 is 1.53 bits per heavy atom. The van der Waals surface area contributed by atoms with Gasteiger partial charge < -0.3 is 78.0 Å². The summed E-state index contributed by atoms with van der Waals surface area (Å²) in [6, 6.07) is 31.4. The first-order valence-electron chi connectivity index (χ1n) is 29.3. The Morgan fingerprint density at radius 2 is 1.03 bits per heavy atom. The maximum atomic E-state index is 12.2. The summed E-state index contributed by atoms with van der Waals surface area (Å²) in [7, 11) is 13.1. The molecule has 460 valence electrons. The molecule has 6 aliphatic rings. The van der Waals surface area contributed by atoms with Crippen molar-refractivity contribution in [3.05, 3.63) is 124 Å². The number of aliphatic hydroxyl groups is 1. The molecule has 23 nitrogen and oxygen atoms in total. The first kappa shape index (κ1) is 63.6. The van der Waals surface area contributed by atoms with Gasteiger partial charge in [0.15, 0.2) is 6.10 Å². The van der Waals surface area contributed by atoms with Crippen molar-refractivity contribution >= 4 is 91.4 Å². The number of likely N-dealkylation sites (tertiary alicyclic amines) is 1. The summed E-state index contributed by atoms with van der Waals surface area (Å²) in [6.07, 6.45) is 3.06. The lowest BCUT2D eigenvalue weighted by atomic mass is 9.95. The molecule has 0 radical (unpaired) electrons. The maximum absolute atomic E-state index is 12.2. The van der Waals surface area contributed by atoms with Crippen LogP contribution in [0.3, 0.4) is 0 Å². The molecule has 3 unspecified atom stereocenters. The number of aromatic nitrogens is 1. The number of nitrogens with two attached hydrogens (primary N) is 1. The fraction of sp³-hybridized carbons (Fsp3) is 0.413. The smallest absolute Gasteiger partial charge is 0.271 e. The number of aliphatic hydroxyl groups excluding tert-OH is 1. The molecule has 2 fully saturated rings. The molecule has 6 aromatic rings. The number of nitrogens with one attached hydrogen (secondary N) is 10. The zero-order valence-electron chi connectivity index (χ0n) is 50.6. The van der Waals surface area contributed by atoms with Crippen LogP contribution in [0.1, 0.15) is 30.0 Å². The van der Waals surface area contributed by atoms with Crippen LogP contribution in [0.15, 0.2) is 102 Å². The largest absolute Gasteiger partial charge is 0.479 e. The number of morpholine rings is 1. The summed E-state index contributed by atoms with van der Waals surface area (Å²) in [4.78, 5) is 70.7. The zero-order valence-corrected chi connectivity index (χ0v) is 50.6. The molecule has 6 aliphatic heterocycles. The first-order valence-corrected chi connectivity index (χ1v) is 29.3. The summed E-state index contributed by atoms with van der Waals surface area (Å²) >= 11 is 0. The third-order valence-electron chi connectivity index (χ3n) is 16.1. The predicted molar refractivity (Wildman–Crippen MR) is 346 cm³/mol. The Bertz CT molecular complexity index is 3300. The predicted octanol–water partition coefficient (Wildman–Crippen LogP) is 5.15. The van der Waals surface area contributed by atoms with Crippen LogP contribution in [-0.2, 0) is 43.2 Å². The number of anilines is 10. The van der Waals surface area contributed by atoms with Crippen molar-refractivity contribution < 1.29 is 33.8 Å². The van der Waals surface area contributed by atoms with Crippen LogP contribution in [0, 0.1) is 0 Å². The van der Waals surface area contributed by atoms with Crippen molar-refractivity contribution in [2.75, 3.05) is 168 Å². The lowest BCUT2D eigenvalue weighted by Crippen LogP contribution is -2.53. The van der Waals surface area contributed by atoms with Gasteiger partial charge in [0.25, 0.3) is 11.5 Å². The molecule has 7 heterocycles. The van der Waals surface area contributed by atoms with Crippen LogP contribution in [0.2, 0.25) is 0 Å². The molecule has 4 atom stereocenters. The highest BCUT2D eigenvalue weighted by Crippen LogP contribution is 2.33. The Hall–Kier alpha value is -8.45. The molecule has 86 heavy (non-hydrogen) atoms. The van der Waals surface area contributed by atoms with Gasteiger partial charge in [0.05, 0.1) is 49.2 Å². The zero-order chi connectivity index (χ0) is 61.4. The van der Waals surface area contributed by atoms with Gasteiger partial charge in [-0.2, -0.15) is 0 Å². The van der Waals surface area contributed by atoms with Crippen molar-refractivity contribution in [3.63, 3.8) is 0 Å². The van der Waals surface area contributed by atoms with E-state index in [2.05, 4.69) is 80.8 Å². The molecule has 5 aromatic carbocycles. The molecule has 0 spiro atoms. The minimum Gasteiger partial charge on any atom is -0.479 e. The van der Waals surface area contributed by atoms with Crippen LogP contribution >= 0.6 is 0 Å². The number of carbonyl (C=O) groups is 4. The van der Waals surface area contributed by atoms with E-state index in [1.165, 1.54) is 17.5 Å². The van der Waals surface area contributed by atoms with E-state index >= 15 is 0 Å². The summed E-state index contributed by atoms with van der Waals surface area (Å²) in [5.74, 6) is 0.797. The highest BCUT2D eigenvalue weighted by atomic mass is 16.5. The standard InChI is InChI=1S/C14H17N3O2.C13H20N4O.C13H19N3O2.C13H17N3O.C10H12N2O2/c1-15-11-3-2-10-8-13(14(18)16-12(10)9-11)17-4-6-19-7-5-17;1-15-10-4-3-9-7-12(17(2)6-5-14)13(18)16-11(9)8-10;1-14-10-4-3-9-7-12(16(2)5-6-17)13(18)15-11(9)8-10;1-14-10-4-3-9-7-12(16-5-2-6-16)13(17)15-11(9)8-10;1-6-10(13)12-8-5-7(11-2)3-4-9(8)14-6/h2-3,8-9,15H,4-7H2,1H3,(H,16,18);3-4,8,12,15H,5-7,14H2,1-2H3,(H,16,18);3-4,8,12,14,17H,5-7H2,1-2H3,(H,15,18);3-4,8,12,14H,2,5-7H2,1H3,(H,15,17);3-6,11H,1-2H3,(H,12,13)/t;;;;6-/m....1/s1. The lowest BCUT2D eigenvalue weighted by Gasteiger charge is -2.39. The van der Waals surface area contributed by atoms with Gasteiger partial charge in [0, 0.05) is 132 Å². The molecule has 4 amide bonds. The second-order valence-corrected chi connectivity index (χ2v) is 21.7. The number of fused-ring (bicyclic) bond motifs is 5. The third kappa shape index (κ3) is 15.9. The number of pyridine rings is 1. The second-order valence-electron chi connectivity index (χ2n) is 21.7. The molecule has 0 aliphatic carbocycles. The maximum Gasteiger partial charge on any atom is 0.271 e. The van der Waals surface area contributed by atoms with Crippen molar-refractivity contribution in [2.45, 2.75) is 56.8 Å².